The Morgan fingerprint density at radius 1 is 1.33 bits per heavy atom. The lowest BCUT2D eigenvalue weighted by atomic mass is 9.90. The average molecular weight is 258 g/mol. The van der Waals surface area contributed by atoms with Crippen LogP contribution in [0.2, 0.25) is 0 Å². The lowest BCUT2D eigenvalue weighted by Gasteiger charge is -2.27. The summed E-state index contributed by atoms with van der Waals surface area (Å²) in [7, 11) is 0. The van der Waals surface area contributed by atoms with Gasteiger partial charge in [-0.05, 0) is 12.5 Å². The highest BCUT2D eigenvalue weighted by molar-refractivity contribution is 5.15. The van der Waals surface area contributed by atoms with Gasteiger partial charge in [0.1, 0.15) is 0 Å². The summed E-state index contributed by atoms with van der Waals surface area (Å²) < 4.78 is 38.6. The standard InChI is InChI=1S/C13H17F3N2/c1-12(17)9-18(8-11(12)13(14,15)16)7-10-5-3-2-4-6-10/h2-6,11H,7-9,17H2,1H3/t11-,12+/m0/s1. The first-order valence-corrected chi connectivity index (χ1v) is 5.91. The van der Waals surface area contributed by atoms with E-state index >= 15 is 0 Å². The topological polar surface area (TPSA) is 29.3 Å². The van der Waals surface area contributed by atoms with E-state index in [2.05, 4.69) is 0 Å². The molecule has 0 aromatic heterocycles. The predicted molar refractivity (Wildman–Crippen MR) is 63.9 cm³/mol. The summed E-state index contributed by atoms with van der Waals surface area (Å²) in [6, 6.07) is 9.48. The molecular formula is C13H17F3N2. The van der Waals surface area contributed by atoms with Gasteiger partial charge in [0.2, 0.25) is 0 Å². The number of likely N-dealkylation sites (tertiary alicyclic amines) is 1. The molecule has 0 bridgehead atoms. The van der Waals surface area contributed by atoms with Crippen molar-refractivity contribution in [3.8, 4) is 0 Å². The molecule has 0 unspecified atom stereocenters. The molecule has 0 spiro atoms. The van der Waals surface area contributed by atoms with Gasteiger partial charge in [-0.3, -0.25) is 4.90 Å². The van der Waals surface area contributed by atoms with Crippen LogP contribution in [0.25, 0.3) is 0 Å². The molecule has 2 nitrogen and oxygen atoms in total. The lowest BCUT2D eigenvalue weighted by Crippen LogP contribution is -2.50. The van der Waals surface area contributed by atoms with Gasteiger partial charge in [-0.15, -0.1) is 0 Å². The summed E-state index contributed by atoms with van der Waals surface area (Å²) in [5.74, 6) is -1.45. The zero-order valence-electron chi connectivity index (χ0n) is 10.2. The van der Waals surface area contributed by atoms with Crippen molar-refractivity contribution in [1.29, 1.82) is 0 Å². The molecule has 1 aliphatic rings. The Morgan fingerprint density at radius 3 is 2.44 bits per heavy atom. The average Bonchev–Trinajstić information content (AvgIpc) is 2.54. The van der Waals surface area contributed by atoms with E-state index in [-0.39, 0.29) is 13.1 Å². The summed E-state index contributed by atoms with van der Waals surface area (Å²) >= 11 is 0. The molecule has 1 saturated heterocycles. The van der Waals surface area contributed by atoms with E-state index in [0.717, 1.165) is 5.56 Å². The van der Waals surface area contributed by atoms with Crippen LogP contribution < -0.4 is 5.73 Å². The lowest BCUT2D eigenvalue weighted by molar-refractivity contribution is -0.181. The van der Waals surface area contributed by atoms with E-state index in [0.29, 0.717) is 6.54 Å². The molecular weight excluding hydrogens is 241 g/mol. The smallest absolute Gasteiger partial charge is 0.324 e. The number of alkyl halides is 3. The van der Waals surface area contributed by atoms with Crippen molar-refractivity contribution in [1.82, 2.24) is 4.90 Å². The fourth-order valence-corrected chi connectivity index (χ4v) is 2.56. The molecule has 2 atom stereocenters. The monoisotopic (exact) mass is 258 g/mol. The minimum atomic E-state index is -4.23. The summed E-state index contributed by atoms with van der Waals surface area (Å²) in [6.07, 6.45) is -4.23. The molecule has 0 amide bonds. The van der Waals surface area contributed by atoms with E-state index in [1.54, 1.807) is 4.90 Å². The van der Waals surface area contributed by atoms with Crippen LogP contribution in [-0.4, -0.2) is 29.7 Å². The number of hydrogen-bond acceptors (Lipinski definition) is 2. The van der Waals surface area contributed by atoms with Crippen LogP contribution >= 0.6 is 0 Å². The highest BCUT2D eigenvalue weighted by atomic mass is 19.4. The van der Waals surface area contributed by atoms with Gasteiger partial charge in [-0.1, -0.05) is 30.3 Å². The fourth-order valence-electron chi connectivity index (χ4n) is 2.56. The van der Waals surface area contributed by atoms with Gasteiger partial charge in [-0.25, -0.2) is 0 Å². The van der Waals surface area contributed by atoms with E-state index in [1.807, 2.05) is 30.3 Å². The van der Waals surface area contributed by atoms with Gasteiger partial charge >= 0.3 is 6.18 Å². The third-order valence-corrected chi connectivity index (χ3v) is 3.45. The van der Waals surface area contributed by atoms with Gasteiger partial charge in [0, 0.05) is 25.2 Å². The van der Waals surface area contributed by atoms with Crippen molar-refractivity contribution in [2.75, 3.05) is 13.1 Å². The molecule has 0 aliphatic carbocycles. The van der Waals surface area contributed by atoms with Crippen LogP contribution in [0, 0.1) is 5.92 Å². The second kappa shape index (κ2) is 4.55. The Bertz CT molecular complexity index is 400. The second-order valence-corrected chi connectivity index (χ2v) is 5.26. The Morgan fingerprint density at radius 2 is 1.94 bits per heavy atom. The van der Waals surface area contributed by atoms with Crippen LogP contribution in [0.1, 0.15) is 12.5 Å². The molecule has 1 aromatic rings. The van der Waals surface area contributed by atoms with Crippen molar-refractivity contribution in [3.05, 3.63) is 35.9 Å². The molecule has 2 N–H and O–H groups in total. The maximum absolute atomic E-state index is 12.9. The van der Waals surface area contributed by atoms with E-state index < -0.39 is 17.6 Å². The van der Waals surface area contributed by atoms with Crippen molar-refractivity contribution >= 4 is 0 Å². The minimum Gasteiger partial charge on any atom is -0.324 e. The third kappa shape index (κ3) is 2.84. The van der Waals surface area contributed by atoms with Crippen LogP contribution in [0.4, 0.5) is 13.2 Å². The Balaban J connectivity index is 2.07. The Hall–Kier alpha value is -1.07. The van der Waals surface area contributed by atoms with E-state index in [9.17, 15) is 13.2 Å². The molecule has 1 aromatic carbocycles. The van der Waals surface area contributed by atoms with Crippen molar-refractivity contribution < 1.29 is 13.2 Å². The quantitative estimate of drug-likeness (QED) is 0.882. The van der Waals surface area contributed by atoms with Crippen LogP contribution in [0.15, 0.2) is 30.3 Å². The fraction of sp³-hybridized carbons (Fsp3) is 0.538. The number of nitrogens with two attached hydrogens (primary N) is 1. The maximum atomic E-state index is 12.9. The normalized spacial score (nSPS) is 29.7. The summed E-state index contributed by atoms with van der Waals surface area (Å²) in [5.41, 5.74) is 5.60. The number of hydrogen-bond donors (Lipinski definition) is 1. The number of halogens is 3. The van der Waals surface area contributed by atoms with Crippen molar-refractivity contribution in [3.63, 3.8) is 0 Å². The molecule has 1 aliphatic heterocycles. The number of rotatable bonds is 2. The van der Waals surface area contributed by atoms with Gasteiger partial charge in [0.15, 0.2) is 0 Å². The first-order chi connectivity index (χ1) is 8.29. The van der Waals surface area contributed by atoms with Gasteiger partial charge in [0.25, 0.3) is 0 Å². The highest BCUT2D eigenvalue weighted by Gasteiger charge is 2.54. The van der Waals surface area contributed by atoms with E-state index in [1.165, 1.54) is 6.92 Å². The molecule has 18 heavy (non-hydrogen) atoms. The molecule has 5 heteroatoms. The first kappa shape index (κ1) is 13.4. The molecule has 100 valence electrons. The van der Waals surface area contributed by atoms with Crippen molar-refractivity contribution in [2.24, 2.45) is 11.7 Å². The zero-order chi connectivity index (χ0) is 13.4. The molecule has 1 heterocycles. The Labute approximate surface area is 105 Å². The van der Waals surface area contributed by atoms with Crippen LogP contribution in [0.3, 0.4) is 0 Å². The van der Waals surface area contributed by atoms with Gasteiger partial charge < -0.3 is 5.73 Å². The second-order valence-electron chi connectivity index (χ2n) is 5.26. The number of nitrogens with zero attached hydrogens (tertiary/aromatic N) is 1. The van der Waals surface area contributed by atoms with Gasteiger partial charge in [-0.2, -0.15) is 13.2 Å². The third-order valence-electron chi connectivity index (χ3n) is 3.45. The maximum Gasteiger partial charge on any atom is 0.394 e. The first-order valence-electron chi connectivity index (χ1n) is 5.91. The SMILES string of the molecule is C[C@@]1(N)CN(Cc2ccccc2)C[C@@H]1C(F)(F)F. The van der Waals surface area contributed by atoms with Crippen LogP contribution in [-0.2, 0) is 6.54 Å². The van der Waals surface area contributed by atoms with Crippen molar-refractivity contribution in [2.45, 2.75) is 25.2 Å². The van der Waals surface area contributed by atoms with Gasteiger partial charge in [0.05, 0.1) is 5.92 Å². The molecule has 2 rings (SSSR count). The highest BCUT2D eigenvalue weighted by Crippen LogP contribution is 2.38. The number of benzene rings is 1. The zero-order valence-corrected chi connectivity index (χ0v) is 10.2. The summed E-state index contributed by atoms with van der Waals surface area (Å²) in [4.78, 5) is 1.77. The summed E-state index contributed by atoms with van der Waals surface area (Å²) in [5, 5.41) is 0. The van der Waals surface area contributed by atoms with Crippen LogP contribution in [0.5, 0.6) is 0 Å². The molecule has 0 saturated carbocycles. The largest absolute Gasteiger partial charge is 0.394 e. The molecule has 0 radical (unpaired) electrons. The predicted octanol–water partition coefficient (Wildman–Crippen LogP) is 2.40. The molecule has 1 fully saturated rings. The summed E-state index contributed by atoms with van der Waals surface area (Å²) in [6.45, 7) is 2.24. The Kier molecular flexibility index (Phi) is 3.38. The minimum absolute atomic E-state index is 0.0224. The van der Waals surface area contributed by atoms with E-state index in [4.69, 9.17) is 5.73 Å².